The lowest BCUT2D eigenvalue weighted by atomic mass is 10.2. The number of nitrogen functional groups attached to an aromatic ring is 1. The highest BCUT2D eigenvalue weighted by Crippen LogP contribution is 2.33. The summed E-state index contributed by atoms with van der Waals surface area (Å²) in [6, 6.07) is 13.3. The normalized spacial score (nSPS) is 12.6. The molecule has 0 radical (unpaired) electrons. The van der Waals surface area contributed by atoms with E-state index in [1.54, 1.807) is 43.6 Å². The minimum Gasteiger partial charge on any atom is -0.488 e. The quantitative estimate of drug-likeness (QED) is 0.399. The highest BCUT2D eigenvalue weighted by atomic mass is 32.2. The van der Waals surface area contributed by atoms with E-state index in [4.69, 9.17) is 19.9 Å². The van der Waals surface area contributed by atoms with E-state index >= 15 is 0 Å². The van der Waals surface area contributed by atoms with Gasteiger partial charge in [-0.15, -0.1) is 0 Å². The van der Waals surface area contributed by atoms with Crippen LogP contribution in [0, 0.1) is 0 Å². The van der Waals surface area contributed by atoms with Crippen LogP contribution in [0.1, 0.15) is 6.92 Å². The Kier molecular flexibility index (Phi) is 6.21. The van der Waals surface area contributed by atoms with Crippen LogP contribution < -0.4 is 15.2 Å². The van der Waals surface area contributed by atoms with Crippen LogP contribution in [0.25, 0.3) is 22.6 Å². The van der Waals surface area contributed by atoms with Crippen molar-refractivity contribution in [1.29, 1.82) is 0 Å². The molecule has 10 heteroatoms. The fourth-order valence-corrected chi connectivity index (χ4v) is 3.91. The molecule has 0 aliphatic carbocycles. The number of benzene rings is 2. The van der Waals surface area contributed by atoms with Gasteiger partial charge in [-0.05, 0) is 49.4 Å². The molecule has 0 aliphatic rings. The summed E-state index contributed by atoms with van der Waals surface area (Å²) in [5.74, 6) is 2.11. The number of fused-ring (bicyclic) bond motifs is 1. The zero-order valence-electron chi connectivity index (χ0n) is 18.4. The molecule has 1 atom stereocenters. The zero-order valence-corrected chi connectivity index (χ0v) is 19.2. The molecule has 0 unspecified atom stereocenters. The van der Waals surface area contributed by atoms with Crippen LogP contribution in [-0.4, -0.2) is 49.4 Å². The number of imidazole rings is 1. The molecule has 0 saturated heterocycles. The van der Waals surface area contributed by atoms with Gasteiger partial charge in [-0.25, -0.2) is 18.4 Å². The SMILES string of the molecule is COC[C@H](C)Oc1cc(Oc2ccc(S(C)(=O)=O)cc2)cc(-c2nc3cc(N)cnc3[nH]2)c1. The van der Waals surface area contributed by atoms with Crippen molar-refractivity contribution in [1.82, 2.24) is 15.0 Å². The van der Waals surface area contributed by atoms with Gasteiger partial charge in [-0.1, -0.05) is 0 Å². The number of nitrogens with two attached hydrogens (primary N) is 1. The van der Waals surface area contributed by atoms with Crippen LogP contribution in [0.15, 0.2) is 59.6 Å². The van der Waals surface area contributed by atoms with E-state index in [0.717, 1.165) is 11.8 Å². The van der Waals surface area contributed by atoms with E-state index in [1.807, 2.05) is 13.0 Å². The number of aromatic amines is 1. The third-order valence-corrected chi connectivity index (χ3v) is 5.87. The number of hydrogen-bond acceptors (Lipinski definition) is 8. The maximum Gasteiger partial charge on any atom is 0.175 e. The lowest BCUT2D eigenvalue weighted by molar-refractivity contribution is 0.0920. The minimum atomic E-state index is -3.29. The van der Waals surface area contributed by atoms with Gasteiger partial charge in [0, 0.05) is 25.0 Å². The smallest absolute Gasteiger partial charge is 0.175 e. The van der Waals surface area contributed by atoms with Crippen LogP contribution in [-0.2, 0) is 14.6 Å². The predicted molar refractivity (Wildman–Crippen MR) is 125 cm³/mol. The molecule has 0 spiro atoms. The fraction of sp³-hybridized carbons (Fsp3) is 0.217. The van der Waals surface area contributed by atoms with Crippen molar-refractivity contribution in [2.24, 2.45) is 0 Å². The van der Waals surface area contributed by atoms with Gasteiger partial charge in [0.15, 0.2) is 15.5 Å². The van der Waals surface area contributed by atoms with E-state index in [9.17, 15) is 8.42 Å². The Bertz CT molecular complexity index is 1380. The molecule has 2 heterocycles. The monoisotopic (exact) mass is 468 g/mol. The molecule has 0 amide bonds. The van der Waals surface area contributed by atoms with E-state index in [1.165, 1.54) is 12.1 Å². The average molecular weight is 469 g/mol. The van der Waals surface area contributed by atoms with Crippen molar-refractivity contribution in [2.45, 2.75) is 17.9 Å². The molecule has 172 valence electrons. The third kappa shape index (κ3) is 5.41. The van der Waals surface area contributed by atoms with Crippen LogP contribution in [0.4, 0.5) is 5.69 Å². The largest absolute Gasteiger partial charge is 0.488 e. The first-order chi connectivity index (χ1) is 15.7. The molecule has 3 N–H and O–H groups in total. The Morgan fingerprint density at radius 1 is 1.06 bits per heavy atom. The van der Waals surface area contributed by atoms with Crippen molar-refractivity contribution in [3.8, 4) is 28.6 Å². The van der Waals surface area contributed by atoms with Gasteiger partial charge in [0.1, 0.15) is 34.7 Å². The first-order valence-electron chi connectivity index (χ1n) is 10.1. The summed E-state index contributed by atoms with van der Waals surface area (Å²) in [5, 5.41) is 0. The number of H-pyrrole nitrogens is 1. The molecule has 0 aliphatic heterocycles. The molecule has 4 rings (SSSR count). The Morgan fingerprint density at radius 3 is 2.48 bits per heavy atom. The van der Waals surface area contributed by atoms with Gasteiger partial charge in [0.2, 0.25) is 0 Å². The van der Waals surface area contributed by atoms with E-state index < -0.39 is 9.84 Å². The van der Waals surface area contributed by atoms with Gasteiger partial charge in [0.05, 0.1) is 23.4 Å². The van der Waals surface area contributed by atoms with E-state index in [2.05, 4.69) is 15.0 Å². The molecule has 4 aromatic rings. The lowest BCUT2D eigenvalue weighted by Crippen LogP contribution is -2.17. The predicted octanol–water partition coefficient (Wildman–Crippen LogP) is 3.82. The average Bonchev–Trinajstić information content (AvgIpc) is 3.17. The van der Waals surface area contributed by atoms with Gasteiger partial charge in [0.25, 0.3) is 0 Å². The van der Waals surface area contributed by atoms with Gasteiger partial charge < -0.3 is 24.9 Å². The molecule has 2 aromatic heterocycles. The third-order valence-electron chi connectivity index (χ3n) is 4.74. The first kappa shape index (κ1) is 22.6. The number of ether oxygens (including phenoxy) is 3. The molecule has 0 fully saturated rings. The number of nitrogens with one attached hydrogen (secondary N) is 1. The zero-order chi connectivity index (χ0) is 23.6. The van der Waals surface area contributed by atoms with Gasteiger partial charge >= 0.3 is 0 Å². The van der Waals surface area contributed by atoms with Crippen molar-refractivity contribution in [3.63, 3.8) is 0 Å². The highest BCUT2D eigenvalue weighted by Gasteiger charge is 2.13. The Labute approximate surface area is 191 Å². The number of methoxy groups -OCH3 is 1. The van der Waals surface area contributed by atoms with Gasteiger partial charge in [-0.3, -0.25) is 0 Å². The Morgan fingerprint density at radius 2 is 1.79 bits per heavy atom. The van der Waals surface area contributed by atoms with Crippen molar-refractivity contribution >= 4 is 26.7 Å². The second kappa shape index (κ2) is 9.08. The summed E-state index contributed by atoms with van der Waals surface area (Å²) in [6.45, 7) is 2.32. The van der Waals surface area contributed by atoms with Crippen LogP contribution in [0.3, 0.4) is 0 Å². The molecule has 0 bridgehead atoms. The van der Waals surface area contributed by atoms with Crippen LogP contribution >= 0.6 is 0 Å². The van der Waals surface area contributed by atoms with Crippen molar-refractivity contribution in [2.75, 3.05) is 25.7 Å². The number of sulfone groups is 1. The Hall–Kier alpha value is -3.63. The molecular weight excluding hydrogens is 444 g/mol. The number of rotatable bonds is 8. The summed E-state index contributed by atoms with van der Waals surface area (Å²) in [6.07, 6.45) is 2.53. The number of hydrogen-bond donors (Lipinski definition) is 2. The van der Waals surface area contributed by atoms with Crippen molar-refractivity contribution in [3.05, 3.63) is 54.7 Å². The number of aromatic nitrogens is 3. The first-order valence-corrected chi connectivity index (χ1v) is 12.0. The molecule has 0 saturated carbocycles. The summed E-state index contributed by atoms with van der Waals surface area (Å²) in [5.41, 5.74) is 8.31. The standard InChI is InChI=1S/C23H24N4O5S/c1-14(13-30-2)31-18-8-15(22-26-21-10-16(24)12-25-23(21)27-22)9-19(11-18)32-17-4-6-20(7-5-17)33(3,28)29/h4-12,14H,13,24H2,1-3H3,(H,25,26,27)/t14-/m0/s1. The number of pyridine rings is 1. The fourth-order valence-electron chi connectivity index (χ4n) is 3.27. The van der Waals surface area contributed by atoms with Crippen LogP contribution in [0.2, 0.25) is 0 Å². The van der Waals surface area contributed by atoms with Gasteiger partial charge in [-0.2, -0.15) is 0 Å². The topological polar surface area (TPSA) is 129 Å². The summed E-state index contributed by atoms with van der Waals surface area (Å²) >= 11 is 0. The molecular formula is C23H24N4O5S. The van der Waals surface area contributed by atoms with Crippen molar-refractivity contribution < 1.29 is 22.6 Å². The van der Waals surface area contributed by atoms with E-state index in [0.29, 0.717) is 46.5 Å². The number of anilines is 1. The second-order valence-corrected chi connectivity index (χ2v) is 9.66. The molecule has 9 nitrogen and oxygen atoms in total. The lowest BCUT2D eigenvalue weighted by Gasteiger charge is -2.16. The minimum absolute atomic E-state index is 0.190. The molecule has 33 heavy (non-hydrogen) atoms. The number of nitrogens with zero attached hydrogens (tertiary/aromatic N) is 2. The summed E-state index contributed by atoms with van der Waals surface area (Å²) in [4.78, 5) is 12.3. The maximum atomic E-state index is 11.7. The van der Waals surface area contributed by atoms with Crippen LogP contribution in [0.5, 0.6) is 17.2 Å². The second-order valence-electron chi connectivity index (χ2n) is 7.64. The Balaban J connectivity index is 1.70. The van der Waals surface area contributed by atoms with E-state index in [-0.39, 0.29) is 11.0 Å². The summed E-state index contributed by atoms with van der Waals surface area (Å²) in [7, 11) is -1.68. The maximum absolute atomic E-state index is 11.7. The molecule has 2 aromatic carbocycles. The summed E-state index contributed by atoms with van der Waals surface area (Å²) < 4.78 is 40.6. The highest BCUT2D eigenvalue weighted by molar-refractivity contribution is 7.90.